The second-order valence-electron chi connectivity index (χ2n) is 24.0. The second kappa shape index (κ2) is 54.5. The zero-order valence-corrected chi connectivity index (χ0v) is 54.7. The molecule has 0 radical (unpaired) electrons. The first-order chi connectivity index (χ1) is 39.3. The number of phosphoric acid groups is 2. The lowest BCUT2D eigenvalue weighted by molar-refractivity contribution is -0.161. The highest BCUT2D eigenvalue weighted by molar-refractivity contribution is 7.47. The molecular formula is C63H122O17P2. The highest BCUT2D eigenvalue weighted by Gasteiger charge is 2.30. The van der Waals surface area contributed by atoms with E-state index >= 15 is 0 Å². The van der Waals surface area contributed by atoms with Gasteiger partial charge < -0.3 is 33.8 Å². The number of hydrogen-bond acceptors (Lipinski definition) is 15. The van der Waals surface area contributed by atoms with Gasteiger partial charge in [-0.25, -0.2) is 9.13 Å². The summed E-state index contributed by atoms with van der Waals surface area (Å²) in [6.07, 6.45) is 34.9. The van der Waals surface area contributed by atoms with Gasteiger partial charge in [0.25, 0.3) is 0 Å². The number of esters is 4. The van der Waals surface area contributed by atoms with Crippen molar-refractivity contribution in [1.29, 1.82) is 0 Å². The van der Waals surface area contributed by atoms with Gasteiger partial charge in [0.05, 0.1) is 26.4 Å². The molecule has 0 spiro atoms. The van der Waals surface area contributed by atoms with Crippen molar-refractivity contribution in [2.24, 2.45) is 17.8 Å². The van der Waals surface area contributed by atoms with Crippen LogP contribution in [0.2, 0.25) is 0 Å². The van der Waals surface area contributed by atoms with Gasteiger partial charge in [-0.2, -0.15) is 0 Å². The zero-order valence-electron chi connectivity index (χ0n) is 52.9. The summed E-state index contributed by atoms with van der Waals surface area (Å²) < 4.78 is 67.9. The maximum absolute atomic E-state index is 13.0. The number of unbranched alkanes of at least 4 members (excludes halogenated alkanes) is 28. The van der Waals surface area contributed by atoms with Crippen LogP contribution in [0.3, 0.4) is 0 Å². The zero-order chi connectivity index (χ0) is 61.0. The van der Waals surface area contributed by atoms with Crippen molar-refractivity contribution < 1.29 is 80.2 Å². The maximum atomic E-state index is 13.0. The van der Waals surface area contributed by atoms with Crippen molar-refractivity contribution in [2.75, 3.05) is 39.6 Å². The quantitative estimate of drug-likeness (QED) is 0.0222. The number of phosphoric ester groups is 2. The number of carbonyl (C=O) groups excluding carboxylic acids is 4. The molecule has 0 aromatic carbocycles. The molecule has 0 aliphatic rings. The number of carbonyl (C=O) groups is 4. The van der Waals surface area contributed by atoms with Gasteiger partial charge in [-0.15, -0.1) is 0 Å². The lowest BCUT2D eigenvalue weighted by Gasteiger charge is -2.21. The van der Waals surface area contributed by atoms with Gasteiger partial charge in [0, 0.05) is 25.7 Å². The van der Waals surface area contributed by atoms with Crippen molar-refractivity contribution >= 4 is 39.5 Å². The van der Waals surface area contributed by atoms with Gasteiger partial charge in [-0.3, -0.25) is 37.3 Å². The summed E-state index contributed by atoms with van der Waals surface area (Å²) in [5, 5.41) is 10.5. The molecular weight excluding hydrogens is 1090 g/mol. The normalized spacial score (nSPS) is 14.7. The Balaban J connectivity index is 5.25. The van der Waals surface area contributed by atoms with E-state index in [-0.39, 0.29) is 25.7 Å². The van der Waals surface area contributed by atoms with Crippen molar-refractivity contribution in [3.05, 3.63) is 0 Å². The van der Waals surface area contributed by atoms with Crippen LogP contribution >= 0.6 is 15.6 Å². The predicted molar refractivity (Wildman–Crippen MR) is 326 cm³/mol. The molecule has 0 saturated heterocycles. The average molecular weight is 1210 g/mol. The van der Waals surface area contributed by atoms with Crippen LogP contribution in [0, 0.1) is 17.8 Å². The fourth-order valence-corrected chi connectivity index (χ4v) is 10.9. The van der Waals surface area contributed by atoms with E-state index < -0.39 is 97.5 Å². The summed E-state index contributed by atoms with van der Waals surface area (Å²) in [5.41, 5.74) is 0. The first-order valence-electron chi connectivity index (χ1n) is 32.9. The maximum Gasteiger partial charge on any atom is 0.472 e. The molecule has 3 unspecified atom stereocenters. The first kappa shape index (κ1) is 80.1. The third kappa shape index (κ3) is 55.9. The van der Waals surface area contributed by atoms with E-state index in [4.69, 9.17) is 37.0 Å². The Morgan fingerprint density at radius 3 is 0.927 bits per heavy atom. The summed E-state index contributed by atoms with van der Waals surface area (Å²) >= 11 is 0. The predicted octanol–water partition coefficient (Wildman–Crippen LogP) is 17.1. The fraction of sp³-hybridized carbons (Fsp3) is 0.937. The lowest BCUT2D eigenvalue weighted by atomic mass is 9.99. The molecule has 0 rings (SSSR count). The van der Waals surface area contributed by atoms with Crippen LogP contribution in [-0.4, -0.2) is 96.7 Å². The minimum atomic E-state index is -4.94. The molecule has 82 heavy (non-hydrogen) atoms. The Labute approximate surface area is 498 Å². The second-order valence-corrected chi connectivity index (χ2v) is 26.9. The fourth-order valence-electron chi connectivity index (χ4n) is 9.27. The molecule has 0 aromatic heterocycles. The topological polar surface area (TPSA) is 237 Å². The van der Waals surface area contributed by atoms with Crippen molar-refractivity contribution in [2.45, 2.75) is 324 Å². The highest BCUT2D eigenvalue weighted by atomic mass is 31.2. The van der Waals surface area contributed by atoms with Crippen LogP contribution in [0.4, 0.5) is 0 Å². The molecule has 0 fully saturated rings. The molecule has 3 N–H and O–H groups in total. The van der Waals surface area contributed by atoms with Gasteiger partial charge in [-0.05, 0) is 43.4 Å². The average Bonchev–Trinajstić information content (AvgIpc) is 3.43. The molecule has 0 saturated carbocycles. The van der Waals surface area contributed by atoms with Crippen molar-refractivity contribution in [3.8, 4) is 0 Å². The standard InChI is InChI=1S/C63H122O17P2/c1-8-10-11-12-13-23-30-37-44-60(65)73-50-58(79-62(67)46-39-32-25-18-15-21-28-35-42-55(5)6)52-77-81(69,70)75-48-57(64)49-76-82(71,72)78-53-59(51-74-61(66)45-38-31-24-17-14-20-27-34-41-54(3)4)80-63(68)47-40-33-26-19-16-22-29-36-43-56(7)9-2/h54-59,64H,8-53H2,1-7H3,(H,69,70)(H,71,72)/t56?,57-,58+,59+/m0/s1. The number of rotatable bonds is 61. The summed E-state index contributed by atoms with van der Waals surface area (Å²) in [4.78, 5) is 72.1. The Kier molecular flexibility index (Phi) is 53.2. The third-order valence-corrected chi connectivity index (χ3v) is 16.6. The minimum Gasteiger partial charge on any atom is -0.462 e. The van der Waals surface area contributed by atoms with Crippen LogP contribution in [0.1, 0.15) is 305 Å². The van der Waals surface area contributed by atoms with Gasteiger partial charge in [0.1, 0.15) is 19.3 Å². The molecule has 0 aliphatic heterocycles. The minimum absolute atomic E-state index is 0.104. The van der Waals surface area contributed by atoms with E-state index in [2.05, 4.69) is 48.5 Å². The Hall–Kier alpha value is -1.94. The molecule has 0 aliphatic carbocycles. The summed E-state index contributed by atoms with van der Waals surface area (Å²) in [7, 11) is -9.88. The summed E-state index contributed by atoms with van der Waals surface area (Å²) in [5.74, 6) is 0.0723. The smallest absolute Gasteiger partial charge is 0.462 e. The van der Waals surface area contributed by atoms with Crippen LogP contribution in [0.15, 0.2) is 0 Å². The number of hydrogen-bond donors (Lipinski definition) is 3. The van der Waals surface area contributed by atoms with Gasteiger partial charge in [0.2, 0.25) is 0 Å². The van der Waals surface area contributed by atoms with Gasteiger partial charge in [-0.1, -0.05) is 254 Å². The van der Waals surface area contributed by atoms with Crippen LogP contribution < -0.4 is 0 Å². The van der Waals surface area contributed by atoms with E-state index in [1.54, 1.807) is 0 Å². The molecule has 0 bridgehead atoms. The van der Waals surface area contributed by atoms with E-state index in [1.807, 2.05) is 0 Å². The molecule has 17 nitrogen and oxygen atoms in total. The van der Waals surface area contributed by atoms with Gasteiger partial charge >= 0.3 is 39.5 Å². The Bertz CT molecular complexity index is 1630. The monoisotopic (exact) mass is 1210 g/mol. The first-order valence-corrected chi connectivity index (χ1v) is 35.9. The SMILES string of the molecule is CCCCCCCCCCC(=O)OC[C@H](COP(=O)(O)OC[C@H](O)COP(=O)(O)OC[C@@H](COC(=O)CCCCCCCCCCC(C)C)OC(=O)CCCCCCCCCCC(C)CC)OC(=O)CCCCCCCCCCC(C)C. The van der Waals surface area contributed by atoms with Crippen LogP contribution in [0.5, 0.6) is 0 Å². The molecule has 6 atom stereocenters. The number of aliphatic hydroxyl groups is 1. The Morgan fingerprint density at radius 2 is 0.622 bits per heavy atom. The van der Waals surface area contributed by atoms with Gasteiger partial charge in [0.15, 0.2) is 12.2 Å². The summed E-state index contributed by atoms with van der Waals surface area (Å²) in [6, 6.07) is 0. The largest absolute Gasteiger partial charge is 0.472 e. The molecule has 0 aromatic rings. The molecule has 0 amide bonds. The van der Waals surface area contributed by atoms with Crippen LogP contribution in [0.25, 0.3) is 0 Å². The van der Waals surface area contributed by atoms with Crippen LogP contribution in [-0.2, 0) is 65.4 Å². The molecule has 0 heterocycles. The molecule has 19 heteroatoms. The van der Waals surface area contributed by atoms with E-state index in [0.717, 1.165) is 114 Å². The Morgan fingerprint density at radius 1 is 0.354 bits per heavy atom. The van der Waals surface area contributed by atoms with E-state index in [0.29, 0.717) is 25.7 Å². The number of aliphatic hydroxyl groups excluding tert-OH is 1. The van der Waals surface area contributed by atoms with E-state index in [1.165, 1.54) is 109 Å². The summed E-state index contributed by atoms with van der Waals surface area (Å²) in [6.45, 7) is 11.7. The molecule has 486 valence electrons. The van der Waals surface area contributed by atoms with Crippen molar-refractivity contribution in [3.63, 3.8) is 0 Å². The number of ether oxygens (including phenoxy) is 4. The highest BCUT2D eigenvalue weighted by Crippen LogP contribution is 2.45. The van der Waals surface area contributed by atoms with E-state index in [9.17, 15) is 43.2 Å². The van der Waals surface area contributed by atoms with Crippen molar-refractivity contribution in [1.82, 2.24) is 0 Å². The lowest BCUT2D eigenvalue weighted by Crippen LogP contribution is -2.30. The third-order valence-electron chi connectivity index (χ3n) is 14.7.